The second-order valence-corrected chi connectivity index (χ2v) is 9.43. The van der Waals surface area contributed by atoms with Gasteiger partial charge in [0.05, 0.1) is 6.04 Å². The summed E-state index contributed by atoms with van der Waals surface area (Å²) in [6, 6.07) is 3.60. The van der Waals surface area contributed by atoms with Crippen molar-refractivity contribution in [2.45, 2.75) is 24.8 Å². The zero-order chi connectivity index (χ0) is 20.5. The van der Waals surface area contributed by atoms with Gasteiger partial charge in [-0.25, -0.2) is 22.5 Å². The molecule has 1 aromatic carbocycles. The van der Waals surface area contributed by atoms with E-state index in [1.165, 1.54) is 13.1 Å². The van der Waals surface area contributed by atoms with Crippen molar-refractivity contribution in [1.82, 2.24) is 19.5 Å². The van der Waals surface area contributed by atoms with Gasteiger partial charge in [-0.3, -0.25) is 9.69 Å². The number of benzene rings is 1. The molecule has 152 valence electrons. The minimum absolute atomic E-state index is 0.160. The van der Waals surface area contributed by atoms with E-state index < -0.39 is 20.7 Å². The molecular formula is C18H23FN4O3S2. The van der Waals surface area contributed by atoms with Gasteiger partial charge in [-0.1, -0.05) is 0 Å². The van der Waals surface area contributed by atoms with Gasteiger partial charge in [0.2, 0.25) is 10.0 Å². The smallest absolute Gasteiger partial charge is 0.253 e. The number of nitrogens with zero attached hydrogens (tertiary/aromatic N) is 3. The summed E-state index contributed by atoms with van der Waals surface area (Å²) in [6.45, 7) is 6.47. The molecule has 1 saturated heterocycles. The molecule has 2 aromatic rings. The van der Waals surface area contributed by atoms with E-state index in [0.29, 0.717) is 26.2 Å². The third-order valence-electron chi connectivity index (χ3n) is 4.88. The number of hydrogen-bond acceptors (Lipinski definition) is 6. The average Bonchev–Trinajstić information content (AvgIpc) is 3.13. The fourth-order valence-electron chi connectivity index (χ4n) is 3.17. The van der Waals surface area contributed by atoms with Gasteiger partial charge in [-0.15, -0.1) is 11.3 Å². The first-order valence-corrected chi connectivity index (χ1v) is 11.3. The van der Waals surface area contributed by atoms with Crippen LogP contribution in [0.5, 0.6) is 0 Å². The number of nitrogens with one attached hydrogen (secondary N) is 1. The molecule has 1 amide bonds. The van der Waals surface area contributed by atoms with Crippen molar-refractivity contribution < 1.29 is 17.6 Å². The van der Waals surface area contributed by atoms with E-state index in [1.807, 2.05) is 12.3 Å². The highest BCUT2D eigenvalue weighted by molar-refractivity contribution is 7.89. The molecule has 28 heavy (non-hydrogen) atoms. The number of thiazole rings is 1. The molecule has 1 atom stereocenters. The van der Waals surface area contributed by atoms with Crippen molar-refractivity contribution >= 4 is 27.3 Å². The van der Waals surface area contributed by atoms with Crippen LogP contribution in [0.25, 0.3) is 0 Å². The predicted octanol–water partition coefficient (Wildman–Crippen LogP) is 2.02. The van der Waals surface area contributed by atoms with E-state index in [9.17, 15) is 17.6 Å². The molecule has 1 unspecified atom stereocenters. The SMILES string of the molecule is CNS(=O)(=O)c1cc(C(=O)N2CCN(C(C)c3nc(C)cs3)CC2)ccc1F. The van der Waals surface area contributed by atoms with Gasteiger partial charge < -0.3 is 4.90 Å². The Morgan fingerprint density at radius 3 is 2.54 bits per heavy atom. The molecule has 1 aliphatic rings. The molecule has 7 nitrogen and oxygen atoms in total. The number of aromatic nitrogens is 1. The molecule has 0 spiro atoms. The van der Waals surface area contributed by atoms with E-state index in [0.717, 1.165) is 22.8 Å². The monoisotopic (exact) mass is 426 g/mol. The van der Waals surface area contributed by atoms with Crippen molar-refractivity contribution in [2.24, 2.45) is 0 Å². The number of hydrogen-bond donors (Lipinski definition) is 1. The van der Waals surface area contributed by atoms with Crippen LogP contribution in [0.4, 0.5) is 4.39 Å². The molecule has 3 rings (SSSR count). The van der Waals surface area contributed by atoms with Crippen LogP contribution in [0.1, 0.15) is 34.0 Å². The number of sulfonamides is 1. The summed E-state index contributed by atoms with van der Waals surface area (Å²) >= 11 is 1.63. The highest BCUT2D eigenvalue weighted by Gasteiger charge is 2.28. The fraction of sp³-hybridized carbons (Fsp3) is 0.444. The van der Waals surface area contributed by atoms with Crippen LogP contribution in [0.3, 0.4) is 0 Å². The lowest BCUT2D eigenvalue weighted by atomic mass is 10.1. The summed E-state index contributed by atoms with van der Waals surface area (Å²) in [5.41, 5.74) is 1.16. The first-order chi connectivity index (χ1) is 13.2. The fourth-order valence-corrected chi connectivity index (χ4v) is 4.88. The third kappa shape index (κ3) is 4.24. The molecule has 10 heteroatoms. The first kappa shape index (κ1) is 20.8. The van der Waals surface area contributed by atoms with E-state index in [1.54, 1.807) is 16.2 Å². The molecule has 0 aliphatic carbocycles. The molecule has 1 fully saturated rings. The molecule has 1 N–H and O–H groups in total. The summed E-state index contributed by atoms with van der Waals surface area (Å²) in [5, 5.41) is 3.08. The summed E-state index contributed by atoms with van der Waals surface area (Å²) in [5.74, 6) is -1.19. The zero-order valence-corrected chi connectivity index (χ0v) is 17.6. The number of piperazine rings is 1. The summed E-state index contributed by atoms with van der Waals surface area (Å²) in [4.78, 5) is 20.7. The molecule has 1 aromatic heterocycles. The molecule has 0 radical (unpaired) electrons. The quantitative estimate of drug-likeness (QED) is 0.791. The second kappa shape index (κ2) is 8.24. The van der Waals surface area contributed by atoms with E-state index in [2.05, 4.69) is 21.5 Å². The predicted molar refractivity (Wildman–Crippen MR) is 105 cm³/mol. The van der Waals surface area contributed by atoms with Crippen LogP contribution >= 0.6 is 11.3 Å². The van der Waals surface area contributed by atoms with Crippen molar-refractivity contribution in [2.75, 3.05) is 33.2 Å². The Bertz CT molecular complexity index is 969. The number of amides is 1. The van der Waals surface area contributed by atoms with Gasteiger partial charge in [0.1, 0.15) is 15.7 Å². The number of aryl methyl sites for hydroxylation is 1. The Kier molecular flexibility index (Phi) is 6.13. The minimum Gasteiger partial charge on any atom is -0.336 e. The minimum atomic E-state index is -3.97. The lowest BCUT2D eigenvalue weighted by Gasteiger charge is -2.37. The van der Waals surface area contributed by atoms with Crippen molar-refractivity contribution in [3.05, 3.63) is 45.7 Å². The van der Waals surface area contributed by atoms with Crippen molar-refractivity contribution in [1.29, 1.82) is 0 Å². The van der Waals surface area contributed by atoms with Gasteiger partial charge in [0, 0.05) is 42.8 Å². The van der Waals surface area contributed by atoms with Gasteiger partial charge >= 0.3 is 0 Å². The van der Waals surface area contributed by atoms with Crippen LogP contribution in [-0.2, 0) is 10.0 Å². The van der Waals surface area contributed by atoms with Gasteiger partial charge in [0.25, 0.3) is 5.91 Å². The maximum absolute atomic E-state index is 13.9. The topological polar surface area (TPSA) is 82.6 Å². The van der Waals surface area contributed by atoms with Crippen LogP contribution in [0.15, 0.2) is 28.5 Å². The van der Waals surface area contributed by atoms with Gasteiger partial charge in [-0.05, 0) is 39.1 Å². The van der Waals surface area contributed by atoms with Gasteiger partial charge in [0.15, 0.2) is 0 Å². The highest BCUT2D eigenvalue weighted by Crippen LogP contribution is 2.25. The van der Waals surface area contributed by atoms with E-state index in [-0.39, 0.29) is 17.5 Å². The average molecular weight is 427 g/mol. The number of carbonyl (C=O) groups is 1. The Labute approximate surface area is 168 Å². The summed E-state index contributed by atoms with van der Waals surface area (Å²) in [7, 11) is -2.77. The largest absolute Gasteiger partial charge is 0.336 e. The third-order valence-corrected chi connectivity index (χ3v) is 7.44. The van der Waals surface area contributed by atoms with Crippen LogP contribution in [0.2, 0.25) is 0 Å². The van der Waals surface area contributed by atoms with Crippen molar-refractivity contribution in [3.63, 3.8) is 0 Å². The van der Waals surface area contributed by atoms with Gasteiger partial charge in [-0.2, -0.15) is 0 Å². The Balaban J connectivity index is 1.69. The van der Waals surface area contributed by atoms with Crippen LogP contribution in [-0.4, -0.2) is 62.3 Å². The summed E-state index contributed by atoms with van der Waals surface area (Å²) < 4.78 is 39.9. The first-order valence-electron chi connectivity index (χ1n) is 8.91. The lowest BCUT2D eigenvalue weighted by molar-refractivity contribution is 0.0581. The highest BCUT2D eigenvalue weighted by atomic mass is 32.2. The lowest BCUT2D eigenvalue weighted by Crippen LogP contribution is -2.49. The molecular weight excluding hydrogens is 403 g/mol. The Morgan fingerprint density at radius 1 is 1.29 bits per heavy atom. The molecule has 2 heterocycles. The second-order valence-electron chi connectivity index (χ2n) is 6.68. The van der Waals surface area contributed by atoms with E-state index in [4.69, 9.17) is 0 Å². The molecule has 0 saturated carbocycles. The van der Waals surface area contributed by atoms with Crippen LogP contribution < -0.4 is 4.72 Å². The zero-order valence-electron chi connectivity index (χ0n) is 16.0. The Morgan fingerprint density at radius 2 is 1.96 bits per heavy atom. The standard InChI is InChI=1S/C18H23FN4O3S2/c1-12-11-27-17(21-12)13(2)22-6-8-23(9-7-22)18(24)14-4-5-15(19)16(10-14)28(25,26)20-3/h4-5,10-11,13,20H,6-9H2,1-3H3. The van der Waals surface area contributed by atoms with E-state index >= 15 is 0 Å². The Hall–Kier alpha value is -1.88. The number of carbonyl (C=O) groups excluding carboxylic acids is 1. The maximum Gasteiger partial charge on any atom is 0.253 e. The molecule has 0 bridgehead atoms. The normalized spacial score (nSPS) is 16.9. The van der Waals surface area contributed by atoms with Crippen LogP contribution in [0, 0.1) is 12.7 Å². The molecule has 1 aliphatic heterocycles. The summed E-state index contributed by atoms with van der Waals surface area (Å²) in [6.07, 6.45) is 0. The number of rotatable bonds is 5. The number of halogens is 1. The maximum atomic E-state index is 13.9. The van der Waals surface area contributed by atoms with Crippen molar-refractivity contribution in [3.8, 4) is 0 Å².